The van der Waals surface area contributed by atoms with Gasteiger partial charge in [-0.25, -0.2) is 9.37 Å². The Morgan fingerprint density at radius 2 is 1.38 bits per heavy atom. The van der Waals surface area contributed by atoms with Crippen molar-refractivity contribution in [3.8, 4) is 0 Å². The molecule has 0 unspecified atom stereocenters. The molecule has 0 spiro atoms. The molecular formula is C19H25FN6. The van der Waals surface area contributed by atoms with Crippen LogP contribution in [-0.2, 0) is 0 Å². The fourth-order valence-electron chi connectivity index (χ4n) is 3.52. The van der Waals surface area contributed by atoms with Crippen LogP contribution < -0.4 is 14.7 Å². The van der Waals surface area contributed by atoms with Crippen molar-refractivity contribution in [3.63, 3.8) is 0 Å². The van der Waals surface area contributed by atoms with E-state index in [4.69, 9.17) is 4.98 Å². The number of aromatic nitrogens is 2. The average Bonchev–Trinajstić information content (AvgIpc) is 2.69. The molecule has 0 aliphatic carbocycles. The van der Waals surface area contributed by atoms with Crippen LogP contribution in [0, 0.1) is 5.82 Å². The van der Waals surface area contributed by atoms with Crippen molar-refractivity contribution in [2.24, 2.45) is 0 Å². The summed E-state index contributed by atoms with van der Waals surface area (Å²) in [6.45, 7) is 7.64. The van der Waals surface area contributed by atoms with Crippen LogP contribution >= 0.6 is 0 Å². The molecule has 2 aliphatic heterocycles. The number of hydrogen-bond donors (Lipinski definition) is 0. The molecule has 0 saturated carbocycles. The molecule has 26 heavy (non-hydrogen) atoms. The van der Waals surface area contributed by atoms with Gasteiger partial charge >= 0.3 is 0 Å². The number of hydrogen-bond acceptors (Lipinski definition) is 6. The molecular weight excluding hydrogens is 331 g/mol. The maximum Gasteiger partial charge on any atom is 0.227 e. The minimum atomic E-state index is -0.193. The Morgan fingerprint density at radius 3 is 2.08 bits per heavy atom. The Bertz CT molecular complexity index is 721. The van der Waals surface area contributed by atoms with Crippen molar-refractivity contribution in [1.29, 1.82) is 0 Å². The minimum absolute atomic E-state index is 0.193. The normalized spacial score (nSPS) is 19.1. The molecule has 6 nitrogen and oxygen atoms in total. The van der Waals surface area contributed by atoms with Gasteiger partial charge < -0.3 is 19.6 Å². The van der Waals surface area contributed by atoms with Crippen molar-refractivity contribution >= 4 is 17.5 Å². The highest BCUT2D eigenvalue weighted by molar-refractivity contribution is 5.49. The summed E-state index contributed by atoms with van der Waals surface area (Å²) in [5.74, 6) is 1.63. The number of rotatable bonds is 3. The van der Waals surface area contributed by atoms with Gasteiger partial charge in [-0.2, -0.15) is 4.98 Å². The highest BCUT2D eigenvalue weighted by Gasteiger charge is 2.21. The van der Waals surface area contributed by atoms with Gasteiger partial charge in [0, 0.05) is 64.2 Å². The maximum absolute atomic E-state index is 13.1. The molecule has 1 aromatic carbocycles. The first kappa shape index (κ1) is 17.0. The molecule has 138 valence electrons. The van der Waals surface area contributed by atoms with Crippen molar-refractivity contribution < 1.29 is 4.39 Å². The van der Waals surface area contributed by atoms with E-state index in [9.17, 15) is 4.39 Å². The van der Waals surface area contributed by atoms with Crippen LogP contribution in [-0.4, -0.2) is 74.3 Å². The van der Waals surface area contributed by atoms with E-state index in [-0.39, 0.29) is 5.82 Å². The molecule has 3 heterocycles. The topological polar surface area (TPSA) is 38.7 Å². The average molecular weight is 356 g/mol. The van der Waals surface area contributed by atoms with E-state index in [1.165, 1.54) is 12.1 Å². The van der Waals surface area contributed by atoms with Crippen LogP contribution in [0.3, 0.4) is 0 Å². The van der Waals surface area contributed by atoms with Crippen molar-refractivity contribution in [3.05, 3.63) is 42.3 Å². The summed E-state index contributed by atoms with van der Waals surface area (Å²) < 4.78 is 13.1. The molecule has 0 amide bonds. The number of halogens is 1. The monoisotopic (exact) mass is 356 g/mol. The summed E-state index contributed by atoms with van der Waals surface area (Å²) >= 11 is 0. The maximum atomic E-state index is 13.1. The van der Waals surface area contributed by atoms with E-state index in [0.29, 0.717) is 0 Å². The third kappa shape index (κ3) is 3.72. The first-order chi connectivity index (χ1) is 12.7. The van der Waals surface area contributed by atoms with Gasteiger partial charge in [-0.05, 0) is 37.4 Å². The zero-order chi connectivity index (χ0) is 17.9. The van der Waals surface area contributed by atoms with Crippen LogP contribution in [0.2, 0.25) is 0 Å². The largest absolute Gasteiger partial charge is 0.368 e. The lowest BCUT2D eigenvalue weighted by Gasteiger charge is -2.37. The highest BCUT2D eigenvalue weighted by Crippen LogP contribution is 2.21. The smallest absolute Gasteiger partial charge is 0.227 e. The molecule has 2 saturated heterocycles. The molecule has 7 heteroatoms. The number of piperazine rings is 2. The lowest BCUT2D eigenvalue weighted by Crippen LogP contribution is -2.47. The molecule has 0 atom stereocenters. The summed E-state index contributed by atoms with van der Waals surface area (Å²) in [5, 5.41) is 0. The zero-order valence-corrected chi connectivity index (χ0v) is 15.2. The molecule has 4 rings (SSSR count). The second-order valence-electron chi connectivity index (χ2n) is 6.96. The molecule has 1 aromatic heterocycles. The van der Waals surface area contributed by atoms with Crippen LogP contribution in [0.25, 0.3) is 0 Å². The Hall–Kier alpha value is -2.41. The number of nitrogens with zero attached hydrogens (tertiary/aromatic N) is 6. The fraction of sp³-hybridized carbons (Fsp3) is 0.474. The molecule has 2 aliphatic rings. The van der Waals surface area contributed by atoms with Gasteiger partial charge in [-0.15, -0.1) is 0 Å². The lowest BCUT2D eigenvalue weighted by molar-refractivity contribution is 0.312. The van der Waals surface area contributed by atoms with Crippen LogP contribution in [0.15, 0.2) is 36.5 Å². The third-order valence-electron chi connectivity index (χ3n) is 5.21. The SMILES string of the molecule is CN1CCN(c2ccnc(N3CCN(c4ccc(F)cc4)CC3)n2)CC1. The summed E-state index contributed by atoms with van der Waals surface area (Å²) in [4.78, 5) is 18.5. The van der Waals surface area contributed by atoms with E-state index in [1.54, 1.807) is 0 Å². The second kappa shape index (κ2) is 7.45. The summed E-state index contributed by atoms with van der Waals surface area (Å²) in [6.07, 6.45) is 1.86. The highest BCUT2D eigenvalue weighted by atomic mass is 19.1. The standard InChI is InChI=1S/C19H25FN6/c1-23-8-10-25(11-9-23)18-6-7-21-19(22-18)26-14-12-24(13-15-26)17-4-2-16(20)3-5-17/h2-7H,8-15H2,1H3. The number of benzene rings is 1. The van der Waals surface area contributed by atoms with Gasteiger partial charge in [-0.3, -0.25) is 0 Å². The third-order valence-corrected chi connectivity index (χ3v) is 5.21. The van der Waals surface area contributed by atoms with Crippen LogP contribution in [0.1, 0.15) is 0 Å². The fourth-order valence-corrected chi connectivity index (χ4v) is 3.52. The van der Waals surface area contributed by atoms with Gasteiger partial charge in [0.05, 0.1) is 0 Å². The Labute approximate surface area is 153 Å². The van der Waals surface area contributed by atoms with E-state index >= 15 is 0 Å². The van der Waals surface area contributed by atoms with Crippen LogP contribution in [0.5, 0.6) is 0 Å². The quantitative estimate of drug-likeness (QED) is 0.833. The van der Waals surface area contributed by atoms with E-state index in [1.807, 2.05) is 24.4 Å². The minimum Gasteiger partial charge on any atom is -0.368 e. The Kier molecular flexibility index (Phi) is 4.88. The van der Waals surface area contributed by atoms with Crippen molar-refractivity contribution in [1.82, 2.24) is 14.9 Å². The molecule has 0 bridgehead atoms. The Morgan fingerprint density at radius 1 is 0.769 bits per heavy atom. The zero-order valence-electron chi connectivity index (χ0n) is 15.2. The predicted molar refractivity (Wildman–Crippen MR) is 103 cm³/mol. The first-order valence-electron chi connectivity index (χ1n) is 9.21. The van der Waals surface area contributed by atoms with E-state index < -0.39 is 0 Å². The van der Waals surface area contributed by atoms with Gasteiger partial charge in [0.25, 0.3) is 0 Å². The molecule has 2 fully saturated rings. The molecule has 0 radical (unpaired) electrons. The van der Waals surface area contributed by atoms with Gasteiger partial charge in [0.2, 0.25) is 5.95 Å². The van der Waals surface area contributed by atoms with Gasteiger partial charge in [0.1, 0.15) is 11.6 Å². The van der Waals surface area contributed by atoms with Gasteiger partial charge in [-0.1, -0.05) is 0 Å². The Balaban J connectivity index is 1.40. The lowest BCUT2D eigenvalue weighted by atomic mass is 10.2. The van der Waals surface area contributed by atoms with E-state index in [2.05, 4.69) is 31.6 Å². The van der Waals surface area contributed by atoms with Gasteiger partial charge in [0.15, 0.2) is 0 Å². The summed E-state index contributed by atoms with van der Waals surface area (Å²) in [6, 6.07) is 8.73. The second-order valence-corrected chi connectivity index (χ2v) is 6.96. The predicted octanol–water partition coefficient (Wildman–Crippen LogP) is 1.69. The summed E-state index contributed by atoms with van der Waals surface area (Å²) in [7, 11) is 2.16. The molecule has 0 N–H and O–H groups in total. The summed E-state index contributed by atoms with van der Waals surface area (Å²) in [5.41, 5.74) is 1.07. The van der Waals surface area contributed by atoms with E-state index in [0.717, 1.165) is 69.8 Å². The molecule has 2 aromatic rings. The number of likely N-dealkylation sites (N-methyl/N-ethyl adjacent to an activating group) is 1. The van der Waals surface area contributed by atoms with Crippen molar-refractivity contribution in [2.75, 3.05) is 74.1 Å². The first-order valence-corrected chi connectivity index (χ1v) is 9.21. The van der Waals surface area contributed by atoms with Crippen molar-refractivity contribution in [2.45, 2.75) is 0 Å². The number of anilines is 3. The van der Waals surface area contributed by atoms with Crippen LogP contribution in [0.4, 0.5) is 21.8 Å².